The quantitative estimate of drug-likeness (QED) is 0.250. The molecule has 0 aliphatic heterocycles. The molecule has 0 saturated heterocycles. The molecule has 2 rings (SSSR count). The molecule has 0 fully saturated rings. The summed E-state index contributed by atoms with van der Waals surface area (Å²) in [5, 5.41) is 6.47. The first-order chi connectivity index (χ1) is 12.3. The largest absolute Gasteiger partial charge is 0.493 e. The number of benzene rings is 1. The number of halogens is 1. The van der Waals surface area contributed by atoms with Gasteiger partial charge in [-0.3, -0.25) is 4.99 Å². The van der Waals surface area contributed by atoms with E-state index in [0.717, 1.165) is 17.9 Å². The van der Waals surface area contributed by atoms with Crippen LogP contribution in [0.4, 0.5) is 5.69 Å². The maximum atomic E-state index is 5.61. The molecule has 0 saturated carbocycles. The Kier molecular flexibility index (Phi) is 10.3. The predicted octanol–water partition coefficient (Wildman–Crippen LogP) is 4.09. The van der Waals surface area contributed by atoms with Crippen molar-refractivity contribution in [1.82, 2.24) is 5.32 Å². The van der Waals surface area contributed by atoms with Gasteiger partial charge in [-0.25, -0.2) is 0 Å². The molecule has 0 atom stereocenters. The number of ether oxygens (including phenoxy) is 2. The Morgan fingerprint density at radius 2 is 2.15 bits per heavy atom. The van der Waals surface area contributed by atoms with Crippen LogP contribution < -0.4 is 20.1 Å². The van der Waals surface area contributed by atoms with Crippen LogP contribution in [-0.2, 0) is 6.42 Å². The normalized spacial score (nSPS) is 10.6. The molecule has 0 aliphatic carbocycles. The summed E-state index contributed by atoms with van der Waals surface area (Å²) in [5.41, 5.74) is 0.859. The molecule has 7 heteroatoms. The molecule has 0 spiro atoms. The third-order valence-electron chi connectivity index (χ3n) is 3.35. The van der Waals surface area contributed by atoms with E-state index in [4.69, 9.17) is 13.9 Å². The Labute approximate surface area is 171 Å². The van der Waals surface area contributed by atoms with Crippen LogP contribution in [0.1, 0.15) is 12.7 Å². The van der Waals surface area contributed by atoms with E-state index in [0.29, 0.717) is 37.2 Å². The lowest BCUT2D eigenvalue weighted by atomic mass is 10.2. The Morgan fingerprint density at radius 3 is 2.81 bits per heavy atom. The second-order valence-electron chi connectivity index (χ2n) is 5.15. The van der Waals surface area contributed by atoms with Crippen molar-refractivity contribution in [3.8, 4) is 11.5 Å². The van der Waals surface area contributed by atoms with Crippen LogP contribution in [0.3, 0.4) is 0 Å². The molecule has 1 aromatic carbocycles. The number of anilines is 1. The number of hydrogen-bond acceptors (Lipinski definition) is 4. The van der Waals surface area contributed by atoms with Gasteiger partial charge in [0.15, 0.2) is 17.5 Å². The van der Waals surface area contributed by atoms with Crippen molar-refractivity contribution in [1.29, 1.82) is 0 Å². The third kappa shape index (κ3) is 6.99. The second kappa shape index (κ2) is 12.2. The summed E-state index contributed by atoms with van der Waals surface area (Å²) in [5.74, 6) is 2.96. The summed E-state index contributed by atoms with van der Waals surface area (Å²) in [6.45, 7) is 7.45. The minimum atomic E-state index is 0. The van der Waals surface area contributed by atoms with Crippen LogP contribution >= 0.6 is 24.0 Å². The number of methoxy groups -OCH3 is 1. The van der Waals surface area contributed by atoms with Crippen molar-refractivity contribution in [2.45, 2.75) is 13.3 Å². The Balaban J connectivity index is 0.00000338. The average molecular weight is 471 g/mol. The minimum absolute atomic E-state index is 0. The molecule has 0 bridgehead atoms. The van der Waals surface area contributed by atoms with Gasteiger partial charge in [-0.05, 0) is 31.2 Å². The minimum Gasteiger partial charge on any atom is -0.493 e. The van der Waals surface area contributed by atoms with E-state index in [1.165, 1.54) is 0 Å². The highest BCUT2D eigenvalue weighted by molar-refractivity contribution is 14.0. The van der Waals surface area contributed by atoms with Gasteiger partial charge in [0, 0.05) is 31.3 Å². The van der Waals surface area contributed by atoms with Gasteiger partial charge in [-0.1, -0.05) is 6.08 Å². The topological polar surface area (TPSA) is 68.0 Å². The van der Waals surface area contributed by atoms with Crippen LogP contribution in [0.5, 0.6) is 11.5 Å². The fourth-order valence-corrected chi connectivity index (χ4v) is 2.20. The first kappa shape index (κ1) is 21.9. The number of guanidine groups is 1. The summed E-state index contributed by atoms with van der Waals surface area (Å²) < 4.78 is 16.2. The SMILES string of the molecule is C=CCNC(=NCCc1ccco1)Nc1ccc(OC)c(OCC)c1.I. The number of nitrogens with zero attached hydrogens (tertiary/aromatic N) is 1. The lowest BCUT2D eigenvalue weighted by Crippen LogP contribution is -2.31. The van der Waals surface area contributed by atoms with Crippen LogP contribution in [0, 0.1) is 0 Å². The van der Waals surface area contributed by atoms with Gasteiger partial charge in [0.2, 0.25) is 0 Å². The van der Waals surface area contributed by atoms with Gasteiger partial charge >= 0.3 is 0 Å². The van der Waals surface area contributed by atoms with Crippen molar-refractivity contribution >= 4 is 35.6 Å². The number of nitrogens with one attached hydrogen (secondary N) is 2. The highest BCUT2D eigenvalue weighted by atomic mass is 127. The van der Waals surface area contributed by atoms with Gasteiger partial charge in [0.1, 0.15) is 5.76 Å². The van der Waals surface area contributed by atoms with Gasteiger partial charge in [0.25, 0.3) is 0 Å². The summed E-state index contributed by atoms with van der Waals surface area (Å²) in [6.07, 6.45) is 4.19. The van der Waals surface area contributed by atoms with E-state index in [-0.39, 0.29) is 24.0 Å². The van der Waals surface area contributed by atoms with Crippen LogP contribution in [-0.4, -0.2) is 32.8 Å². The smallest absolute Gasteiger partial charge is 0.196 e. The van der Waals surface area contributed by atoms with Gasteiger partial charge < -0.3 is 24.5 Å². The molecule has 0 amide bonds. The first-order valence-corrected chi connectivity index (χ1v) is 8.26. The average Bonchev–Trinajstić information content (AvgIpc) is 3.13. The molecule has 142 valence electrons. The van der Waals surface area contributed by atoms with Gasteiger partial charge in [-0.2, -0.15) is 0 Å². The maximum absolute atomic E-state index is 5.61. The number of rotatable bonds is 9. The predicted molar refractivity (Wildman–Crippen MR) is 116 cm³/mol. The highest BCUT2D eigenvalue weighted by Crippen LogP contribution is 2.30. The van der Waals surface area contributed by atoms with Crippen LogP contribution in [0.2, 0.25) is 0 Å². The standard InChI is InChI=1S/C19H25N3O3.HI/c1-4-11-20-19(21-12-10-16-7-6-13-25-16)22-15-8-9-17(23-3)18(14-15)24-5-2;/h4,6-9,13-14H,1,5,10-12H2,2-3H3,(H2,20,21,22);1H. The number of hydrogen-bond donors (Lipinski definition) is 2. The van der Waals surface area contributed by atoms with Crippen molar-refractivity contribution in [3.05, 3.63) is 55.0 Å². The Hall–Kier alpha value is -2.16. The van der Waals surface area contributed by atoms with Crippen LogP contribution in [0.15, 0.2) is 58.7 Å². The fraction of sp³-hybridized carbons (Fsp3) is 0.316. The fourth-order valence-electron chi connectivity index (χ4n) is 2.20. The maximum Gasteiger partial charge on any atom is 0.196 e. The zero-order valence-electron chi connectivity index (χ0n) is 15.2. The Morgan fingerprint density at radius 1 is 1.31 bits per heavy atom. The highest BCUT2D eigenvalue weighted by Gasteiger charge is 2.07. The Bertz CT molecular complexity index is 687. The summed E-state index contributed by atoms with van der Waals surface area (Å²) in [4.78, 5) is 4.56. The number of aliphatic imine (C=N–C) groups is 1. The number of furan rings is 1. The zero-order valence-corrected chi connectivity index (χ0v) is 17.5. The van der Waals surface area contributed by atoms with E-state index in [1.54, 1.807) is 19.4 Å². The molecule has 0 aliphatic rings. The van der Waals surface area contributed by atoms with Crippen molar-refractivity contribution < 1.29 is 13.9 Å². The second-order valence-corrected chi connectivity index (χ2v) is 5.15. The van der Waals surface area contributed by atoms with E-state index < -0.39 is 0 Å². The molecule has 2 N–H and O–H groups in total. The van der Waals surface area contributed by atoms with E-state index in [1.807, 2.05) is 37.3 Å². The molecular formula is C19H26IN3O3. The van der Waals surface area contributed by atoms with E-state index in [9.17, 15) is 0 Å². The van der Waals surface area contributed by atoms with Gasteiger partial charge in [0.05, 0.1) is 20.0 Å². The molecular weight excluding hydrogens is 445 g/mol. The molecule has 26 heavy (non-hydrogen) atoms. The molecule has 1 aromatic heterocycles. The first-order valence-electron chi connectivity index (χ1n) is 8.26. The molecule has 1 heterocycles. The molecule has 6 nitrogen and oxygen atoms in total. The lowest BCUT2D eigenvalue weighted by molar-refractivity contribution is 0.311. The zero-order chi connectivity index (χ0) is 17.9. The lowest BCUT2D eigenvalue weighted by Gasteiger charge is -2.14. The van der Waals surface area contributed by atoms with E-state index >= 15 is 0 Å². The molecule has 0 unspecified atom stereocenters. The molecule has 0 radical (unpaired) electrons. The monoisotopic (exact) mass is 471 g/mol. The summed E-state index contributed by atoms with van der Waals surface area (Å²) >= 11 is 0. The molecule has 2 aromatic rings. The van der Waals surface area contributed by atoms with Crippen molar-refractivity contribution in [3.63, 3.8) is 0 Å². The third-order valence-corrected chi connectivity index (χ3v) is 3.35. The summed E-state index contributed by atoms with van der Waals surface area (Å²) in [6, 6.07) is 9.48. The van der Waals surface area contributed by atoms with Crippen molar-refractivity contribution in [2.24, 2.45) is 4.99 Å². The van der Waals surface area contributed by atoms with Crippen molar-refractivity contribution in [2.75, 3.05) is 32.1 Å². The van der Waals surface area contributed by atoms with E-state index in [2.05, 4.69) is 22.2 Å². The van der Waals surface area contributed by atoms with Gasteiger partial charge in [-0.15, -0.1) is 30.6 Å². The summed E-state index contributed by atoms with van der Waals surface area (Å²) in [7, 11) is 1.62. The van der Waals surface area contributed by atoms with Crippen LogP contribution in [0.25, 0.3) is 0 Å².